The third kappa shape index (κ3) is 6.05. The number of methoxy groups -OCH3 is 1. The number of thiazole rings is 1. The van der Waals surface area contributed by atoms with E-state index in [0.717, 1.165) is 11.4 Å². The van der Waals surface area contributed by atoms with Crippen molar-refractivity contribution in [3.8, 4) is 5.75 Å². The number of carbonyl (C=O) groups excluding carboxylic acids is 2. The summed E-state index contributed by atoms with van der Waals surface area (Å²) in [5, 5.41) is 8.55. The minimum absolute atomic E-state index is 0.136. The van der Waals surface area contributed by atoms with Gasteiger partial charge in [0.1, 0.15) is 5.75 Å². The highest BCUT2D eigenvalue weighted by Crippen LogP contribution is 2.21. The van der Waals surface area contributed by atoms with Crippen molar-refractivity contribution < 1.29 is 14.3 Å². The first-order valence-electron chi connectivity index (χ1n) is 10.4. The van der Waals surface area contributed by atoms with Crippen LogP contribution in [0.5, 0.6) is 5.75 Å². The molecule has 0 aliphatic carbocycles. The molecule has 0 saturated heterocycles. The number of anilines is 2. The number of ether oxygens (including phenoxy) is 1. The summed E-state index contributed by atoms with van der Waals surface area (Å²) < 4.78 is 5.20. The fraction of sp³-hybridized carbons (Fsp3) is 0.115. The van der Waals surface area contributed by atoms with Crippen molar-refractivity contribution >= 4 is 34.5 Å². The van der Waals surface area contributed by atoms with E-state index in [2.05, 4.69) is 27.8 Å². The number of nitrogens with zero attached hydrogens (tertiary/aromatic N) is 1. The SMILES string of the molecule is COc1cccc(NC(=O)c2ccccc2NC(=O)Cc2csc(Cc3ccccc3)n2)c1. The second kappa shape index (κ2) is 10.6. The summed E-state index contributed by atoms with van der Waals surface area (Å²) >= 11 is 1.54. The molecule has 4 rings (SSSR count). The van der Waals surface area contributed by atoms with Gasteiger partial charge in [0.25, 0.3) is 5.91 Å². The predicted molar refractivity (Wildman–Crippen MR) is 131 cm³/mol. The molecule has 0 radical (unpaired) electrons. The molecule has 0 bridgehead atoms. The van der Waals surface area contributed by atoms with Crippen molar-refractivity contribution in [2.75, 3.05) is 17.7 Å². The number of hydrogen-bond donors (Lipinski definition) is 2. The summed E-state index contributed by atoms with van der Waals surface area (Å²) in [4.78, 5) is 30.1. The van der Waals surface area contributed by atoms with E-state index in [4.69, 9.17) is 4.74 Å². The molecule has 0 spiro atoms. The topological polar surface area (TPSA) is 80.3 Å². The summed E-state index contributed by atoms with van der Waals surface area (Å²) in [5.41, 5.74) is 3.31. The average Bonchev–Trinajstić information content (AvgIpc) is 3.26. The van der Waals surface area contributed by atoms with E-state index in [0.29, 0.717) is 28.4 Å². The van der Waals surface area contributed by atoms with Gasteiger partial charge in [-0.3, -0.25) is 9.59 Å². The largest absolute Gasteiger partial charge is 0.497 e. The molecule has 6 nitrogen and oxygen atoms in total. The Morgan fingerprint density at radius 3 is 2.55 bits per heavy atom. The molecule has 2 amide bonds. The number of rotatable bonds is 8. The van der Waals surface area contributed by atoms with Crippen molar-refractivity contribution in [2.45, 2.75) is 12.8 Å². The van der Waals surface area contributed by atoms with Crippen molar-refractivity contribution in [1.82, 2.24) is 4.98 Å². The molecular weight excluding hydrogens is 434 g/mol. The van der Waals surface area contributed by atoms with Crippen molar-refractivity contribution in [3.63, 3.8) is 0 Å². The van der Waals surface area contributed by atoms with Crippen LogP contribution in [0.1, 0.15) is 26.6 Å². The summed E-state index contributed by atoms with van der Waals surface area (Å²) in [5.74, 6) is 0.0930. The maximum atomic E-state index is 12.8. The van der Waals surface area contributed by atoms with Crippen LogP contribution in [0.2, 0.25) is 0 Å². The number of amides is 2. The zero-order chi connectivity index (χ0) is 23.0. The quantitative estimate of drug-likeness (QED) is 0.382. The standard InChI is InChI=1S/C26H23N3O3S/c1-32-21-11-7-10-19(15-21)28-26(31)22-12-5-6-13-23(22)29-24(30)16-20-17-33-25(27-20)14-18-8-3-2-4-9-18/h2-13,15,17H,14,16H2,1H3,(H,28,31)(H,29,30). The van der Waals surface area contributed by atoms with Crippen LogP contribution in [-0.4, -0.2) is 23.9 Å². The number of benzene rings is 3. The summed E-state index contributed by atoms with van der Waals surface area (Å²) in [7, 11) is 1.57. The lowest BCUT2D eigenvalue weighted by atomic mass is 10.1. The molecule has 0 fully saturated rings. The Morgan fingerprint density at radius 1 is 0.939 bits per heavy atom. The Bertz CT molecular complexity index is 1250. The molecule has 4 aromatic rings. The van der Waals surface area contributed by atoms with Gasteiger partial charge in [-0.25, -0.2) is 4.98 Å². The monoisotopic (exact) mass is 457 g/mol. The highest BCUT2D eigenvalue weighted by atomic mass is 32.1. The van der Waals surface area contributed by atoms with E-state index >= 15 is 0 Å². The third-order valence-electron chi connectivity index (χ3n) is 4.91. The molecule has 0 aliphatic heterocycles. The van der Waals surface area contributed by atoms with E-state index in [1.54, 1.807) is 55.6 Å². The predicted octanol–water partition coefficient (Wildman–Crippen LogP) is 5.18. The van der Waals surface area contributed by atoms with Crippen molar-refractivity contribution in [1.29, 1.82) is 0 Å². The molecule has 3 aromatic carbocycles. The van der Waals surface area contributed by atoms with Crippen LogP contribution in [0.3, 0.4) is 0 Å². The first kappa shape index (κ1) is 22.2. The molecular formula is C26H23N3O3S. The maximum absolute atomic E-state index is 12.8. The lowest BCUT2D eigenvalue weighted by Crippen LogP contribution is -2.19. The second-order valence-corrected chi connectivity index (χ2v) is 8.29. The second-order valence-electron chi connectivity index (χ2n) is 7.35. The van der Waals surface area contributed by atoms with E-state index in [9.17, 15) is 9.59 Å². The van der Waals surface area contributed by atoms with Crippen LogP contribution in [-0.2, 0) is 17.6 Å². The van der Waals surface area contributed by atoms with Gasteiger partial charge in [0, 0.05) is 23.6 Å². The van der Waals surface area contributed by atoms with E-state index in [1.165, 1.54) is 16.9 Å². The van der Waals surface area contributed by atoms with Gasteiger partial charge in [-0.05, 0) is 29.8 Å². The van der Waals surface area contributed by atoms with Crippen LogP contribution in [0.15, 0.2) is 84.2 Å². The molecule has 2 N–H and O–H groups in total. The van der Waals surface area contributed by atoms with Gasteiger partial charge < -0.3 is 15.4 Å². The highest BCUT2D eigenvalue weighted by molar-refractivity contribution is 7.09. The van der Waals surface area contributed by atoms with Gasteiger partial charge in [0.05, 0.1) is 35.5 Å². The number of hydrogen-bond acceptors (Lipinski definition) is 5. The van der Waals surface area contributed by atoms with Gasteiger partial charge in [-0.2, -0.15) is 0 Å². The van der Waals surface area contributed by atoms with Crippen LogP contribution in [0.25, 0.3) is 0 Å². The smallest absolute Gasteiger partial charge is 0.257 e. The summed E-state index contributed by atoms with van der Waals surface area (Å²) in [6, 6.07) is 24.1. The first-order valence-corrected chi connectivity index (χ1v) is 11.3. The molecule has 0 atom stereocenters. The molecule has 33 heavy (non-hydrogen) atoms. The Balaban J connectivity index is 1.40. The summed E-state index contributed by atoms with van der Waals surface area (Å²) in [6.45, 7) is 0. The lowest BCUT2D eigenvalue weighted by Gasteiger charge is -2.12. The zero-order valence-electron chi connectivity index (χ0n) is 18.1. The number of aromatic nitrogens is 1. The van der Waals surface area contributed by atoms with Crippen molar-refractivity contribution in [2.24, 2.45) is 0 Å². The van der Waals surface area contributed by atoms with Crippen molar-refractivity contribution in [3.05, 3.63) is 106 Å². The average molecular weight is 458 g/mol. The molecule has 0 aliphatic rings. The van der Waals surface area contributed by atoms with Crippen LogP contribution < -0.4 is 15.4 Å². The number of carbonyl (C=O) groups is 2. The molecule has 1 aromatic heterocycles. The van der Waals surface area contributed by atoms with Gasteiger partial charge in [0.2, 0.25) is 5.91 Å². The van der Waals surface area contributed by atoms with Gasteiger partial charge in [-0.1, -0.05) is 48.5 Å². The van der Waals surface area contributed by atoms with Gasteiger partial charge >= 0.3 is 0 Å². The maximum Gasteiger partial charge on any atom is 0.257 e. The molecule has 7 heteroatoms. The highest BCUT2D eigenvalue weighted by Gasteiger charge is 2.15. The fourth-order valence-electron chi connectivity index (χ4n) is 3.33. The Hall–Kier alpha value is -3.97. The molecule has 166 valence electrons. The first-order chi connectivity index (χ1) is 16.1. The molecule has 0 unspecified atom stereocenters. The Kier molecular flexibility index (Phi) is 7.12. The normalized spacial score (nSPS) is 10.5. The molecule has 0 saturated carbocycles. The minimum Gasteiger partial charge on any atom is -0.497 e. The van der Waals surface area contributed by atoms with Gasteiger partial charge in [-0.15, -0.1) is 11.3 Å². The van der Waals surface area contributed by atoms with Gasteiger partial charge in [0.15, 0.2) is 0 Å². The Labute approximate surface area is 196 Å². The minimum atomic E-state index is -0.321. The third-order valence-corrected chi connectivity index (χ3v) is 5.81. The van der Waals surface area contributed by atoms with Crippen LogP contribution in [0.4, 0.5) is 11.4 Å². The fourth-order valence-corrected chi connectivity index (χ4v) is 4.16. The number of nitrogens with one attached hydrogen (secondary N) is 2. The summed E-state index contributed by atoms with van der Waals surface area (Å²) in [6.07, 6.45) is 0.873. The van der Waals surface area contributed by atoms with E-state index in [-0.39, 0.29) is 18.2 Å². The van der Waals surface area contributed by atoms with E-state index < -0.39 is 0 Å². The Morgan fingerprint density at radius 2 is 1.73 bits per heavy atom. The molecule has 1 heterocycles. The number of para-hydroxylation sites is 1. The van der Waals surface area contributed by atoms with E-state index in [1.807, 2.05) is 23.6 Å². The zero-order valence-corrected chi connectivity index (χ0v) is 18.9. The van der Waals surface area contributed by atoms with Crippen LogP contribution >= 0.6 is 11.3 Å². The lowest BCUT2D eigenvalue weighted by molar-refractivity contribution is -0.115. The van der Waals surface area contributed by atoms with Crippen LogP contribution in [0, 0.1) is 0 Å².